The highest BCUT2D eigenvalue weighted by Crippen LogP contribution is 2.50. The van der Waals surface area contributed by atoms with Gasteiger partial charge >= 0.3 is 0 Å². The van der Waals surface area contributed by atoms with Crippen LogP contribution >= 0.6 is 0 Å². The summed E-state index contributed by atoms with van der Waals surface area (Å²) in [4.78, 5) is 0. The van der Waals surface area contributed by atoms with Crippen LogP contribution in [0.15, 0.2) is 97.1 Å². The van der Waals surface area contributed by atoms with Gasteiger partial charge in [0.15, 0.2) is 0 Å². The van der Waals surface area contributed by atoms with Gasteiger partial charge in [0.25, 0.3) is 0 Å². The number of aryl methyl sites for hydroxylation is 1. The fraction of sp³-hybridized carbons (Fsp3) is 0.111. The Balaban J connectivity index is 1.94. The van der Waals surface area contributed by atoms with Gasteiger partial charge in [-0.2, -0.15) is 0 Å². The Morgan fingerprint density at radius 2 is 1.07 bits per heavy atom. The molecular weight excluding hydrogens is 340 g/mol. The average molecular weight is 362 g/mol. The topological polar surface area (TPSA) is 20.2 Å². The molecule has 0 atom stereocenters. The fourth-order valence-corrected chi connectivity index (χ4v) is 4.73. The number of aromatic hydroxyl groups is 1. The smallest absolute Gasteiger partial charge is 0.115 e. The highest BCUT2D eigenvalue weighted by molar-refractivity contribution is 5.66. The molecule has 0 unspecified atom stereocenters. The van der Waals surface area contributed by atoms with Gasteiger partial charge in [0.1, 0.15) is 5.75 Å². The van der Waals surface area contributed by atoms with Gasteiger partial charge in [-0.25, -0.2) is 0 Å². The van der Waals surface area contributed by atoms with E-state index in [4.69, 9.17) is 0 Å². The Labute approximate surface area is 165 Å². The fourth-order valence-electron chi connectivity index (χ4n) is 4.73. The van der Waals surface area contributed by atoms with Gasteiger partial charge in [0.05, 0.1) is 5.41 Å². The quantitative estimate of drug-likeness (QED) is 0.409. The lowest BCUT2D eigenvalue weighted by atomic mass is 9.59. The molecule has 0 radical (unpaired) electrons. The van der Waals surface area contributed by atoms with Gasteiger partial charge in [-0.3, -0.25) is 0 Å². The van der Waals surface area contributed by atoms with Crippen molar-refractivity contribution in [3.05, 3.63) is 136 Å². The summed E-state index contributed by atoms with van der Waals surface area (Å²) in [6.07, 6.45) is 0.943. The maximum absolute atomic E-state index is 9.94. The number of hydrogen-bond acceptors (Lipinski definition) is 1. The van der Waals surface area contributed by atoms with Gasteiger partial charge in [-0.15, -0.1) is 0 Å². The van der Waals surface area contributed by atoms with Crippen LogP contribution in [0.3, 0.4) is 0 Å². The molecule has 1 heteroatoms. The summed E-state index contributed by atoms with van der Waals surface area (Å²) in [5.74, 6) is 0.292. The van der Waals surface area contributed by atoms with Crippen LogP contribution in [-0.4, -0.2) is 5.11 Å². The predicted molar refractivity (Wildman–Crippen MR) is 114 cm³/mol. The van der Waals surface area contributed by atoms with Crippen molar-refractivity contribution in [1.82, 2.24) is 0 Å². The summed E-state index contributed by atoms with van der Waals surface area (Å²) < 4.78 is 0. The van der Waals surface area contributed by atoms with Crippen molar-refractivity contribution in [2.75, 3.05) is 0 Å². The van der Waals surface area contributed by atoms with Crippen molar-refractivity contribution in [2.24, 2.45) is 0 Å². The predicted octanol–water partition coefficient (Wildman–Crippen LogP) is 5.99. The molecule has 136 valence electrons. The molecule has 0 saturated carbocycles. The van der Waals surface area contributed by atoms with E-state index in [1.54, 1.807) is 12.1 Å². The van der Waals surface area contributed by atoms with Crippen LogP contribution in [0, 0.1) is 6.92 Å². The lowest BCUT2D eigenvalue weighted by Crippen LogP contribution is -2.36. The Bertz CT molecular complexity index is 1040. The van der Waals surface area contributed by atoms with E-state index < -0.39 is 5.41 Å². The molecule has 28 heavy (non-hydrogen) atoms. The minimum absolute atomic E-state index is 0.292. The molecule has 0 aliphatic heterocycles. The Kier molecular flexibility index (Phi) is 3.84. The monoisotopic (exact) mass is 362 g/mol. The third kappa shape index (κ3) is 2.40. The van der Waals surface area contributed by atoms with E-state index in [0.717, 1.165) is 6.42 Å². The first-order valence-electron chi connectivity index (χ1n) is 9.73. The van der Waals surface area contributed by atoms with Gasteiger partial charge in [0, 0.05) is 0 Å². The second-order valence-corrected chi connectivity index (χ2v) is 7.65. The highest BCUT2D eigenvalue weighted by Gasteiger charge is 2.43. The van der Waals surface area contributed by atoms with E-state index in [-0.39, 0.29) is 0 Å². The highest BCUT2D eigenvalue weighted by atomic mass is 16.3. The van der Waals surface area contributed by atoms with Gasteiger partial charge in [0.2, 0.25) is 0 Å². The van der Waals surface area contributed by atoms with Gasteiger partial charge < -0.3 is 5.11 Å². The minimum Gasteiger partial charge on any atom is -0.508 e. The van der Waals surface area contributed by atoms with Gasteiger partial charge in [-0.05, 0) is 58.9 Å². The van der Waals surface area contributed by atoms with Crippen molar-refractivity contribution in [3.63, 3.8) is 0 Å². The maximum atomic E-state index is 9.94. The zero-order chi connectivity index (χ0) is 19.1. The summed E-state index contributed by atoms with van der Waals surface area (Å²) >= 11 is 0. The van der Waals surface area contributed by atoms with Crippen molar-refractivity contribution < 1.29 is 5.11 Å². The Morgan fingerprint density at radius 1 is 0.607 bits per heavy atom. The number of hydrogen-bond donors (Lipinski definition) is 1. The van der Waals surface area contributed by atoms with E-state index in [2.05, 4.69) is 91.9 Å². The van der Waals surface area contributed by atoms with E-state index >= 15 is 0 Å². The molecular formula is C27H22O. The zero-order valence-electron chi connectivity index (χ0n) is 15.9. The van der Waals surface area contributed by atoms with Crippen molar-refractivity contribution in [1.29, 1.82) is 0 Å². The Morgan fingerprint density at radius 3 is 1.61 bits per heavy atom. The molecule has 0 saturated heterocycles. The number of rotatable bonds is 2. The van der Waals surface area contributed by atoms with E-state index in [1.807, 2.05) is 0 Å². The lowest BCUT2D eigenvalue weighted by molar-refractivity contribution is 0.474. The van der Waals surface area contributed by atoms with Crippen LogP contribution in [0.25, 0.3) is 0 Å². The molecule has 0 bridgehead atoms. The van der Waals surface area contributed by atoms with Crippen LogP contribution in [0.2, 0.25) is 0 Å². The summed E-state index contributed by atoms with van der Waals surface area (Å²) in [6, 6.07) is 34.1. The largest absolute Gasteiger partial charge is 0.508 e. The normalized spacial score (nSPS) is 14.2. The minimum atomic E-state index is -0.396. The summed E-state index contributed by atoms with van der Waals surface area (Å²) in [5.41, 5.74) is 8.64. The lowest BCUT2D eigenvalue weighted by Gasteiger charge is -2.42. The summed E-state index contributed by atoms with van der Waals surface area (Å²) in [7, 11) is 0. The van der Waals surface area contributed by atoms with Gasteiger partial charge in [-0.1, -0.05) is 90.5 Å². The van der Waals surface area contributed by atoms with Crippen LogP contribution in [0.4, 0.5) is 0 Å². The number of phenols is 1. The SMILES string of the molecule is Cc1ccc(C2(c3ccc(O)cc3)c3ccccc3Cc3ccccc32)cc1. The molecule has 5 rings (SSSR count). The first kappa shape index (κ1) is 16.8. The second-order valence-electron chi connectivity index (χ2n) is 7.65. The molecule has 1 nitrogen and oxygen atoms in total. The third-order valence-electron chi connectivity index (χ3n) is 6.01. The number of fused-ring (bicyclic) bond motifs is 2. The number of benzene rings is 4. The molecule has 0 spiro atoms. The number of phenolic OH excluding ortho intramolecular Hbond substituents is 1. The standard InChI is InChI=1S/C27H22O/c1-19-10-12-22(13-11-19)27(23-14-16-24(28)17-15-23)25-8-4-2-6-20(25)18-21-7-3-5-9-26(21)27/h2-17,28H,18H2,1H3. The molecule has 1 aliphatic rings. The molecule has 1 aliphatic carbocycles. The molecule has 0 aromatic heterocycles. The molecule has 1 N–H and O–H groups in total. The van der Waals surface area contributed by atoms with E-state index in [0.29, 0.717) is 5.75 Å². The van der Waals surface area contributed by atoms with Crippen LogP contribution in [0.5, 0.6) is 5.75 Å². The Hall–Kier alpha value is -3.32. The summed E-state index contributed by atoms with van der Waals surface area (Å²) in [5, 5.41) is 9.94. The zero-order valence-corrected chi connectivity index (χ0v) is 15.9. The van der Waals surface area contributed by atoms with Crippen molar-refractivity contribution in [3.8, 4) is 5.75 Å². The molecule has 0 heterocycles. The third-order valence-corrected chi connectivity index (χ3v) is 6.01. The maximum Gasteiger partial charge on any atom is 0.115 e. The molecule has 4 aromatic rings. The van der Waals surface area contributed by atoms with E-state index in [9.17, 15) is 5.11 Å². The van der Waals surface area contributed by atoms with Crippen molar-refractivity contribution >= 4 is 0 Å². The molecule has 0 fully saturated rings. The first-order valence-corrected chi connectivity index (χ1v) is 9.73. The second kappa shape index (κ2) is 6.38. The van der Waals surface area contributed by atoms with E-state index in [1.165, 1.54) is 38.9 Å². The first-order chi connectivity index (χ1) is 13.7. The van der Waals surface area contributed by atoms with Crippen LogP contribution in [-0.2, 0) is 11.8 Å². The van der Waals surface area contributed by atoms with Crippen LogP contribution in [0.1, 0.15) is 38.9 Å². The average Bonchev–Trinajstić information content (AvgIpc) is 2.73. The molecule has 0 amide bonds. The van der Waals surface area contributed by atoms with Crippen molar-refractivity contribution in [2.45, 2.75) is 18.8 Å². The summed E-state index contributed by atoms with van der Waals surface area (Å²) in [6.45, 7) is 2.12. The molecule has 4 aromatic carbocycles. The van der Waals surface area contributed by atoms with Crippen LogP contribution < -0.4 is 0 Å².